The second-order valence-electron chi connectivity index (χ2n) is 4.99. The molecular weight excluding hydrogens is 240 g/mol. The van der Waals surface area contributed by atoms with E-state index < -0.39 is 0 Å². The van der Waals surface area contributed by atoms with Crippen LogP contribution in [0.4, 0.5) is 0 Å². The van der Waals surface area contributed by atoms with Gasteiger partial charge in [-0.25, -0.2) is 0 Å². The lowest BCUT2D eigenvalue weighted by molar-refractivity contribution is -0.119. The number of hydrogen-bond donors (Lipinski definition) is 0. The summed E-state index contributed by atoms with van der Waals surface area (Å²) in [6, 6.07) is 4.17. The molecule has 0 spiro atoms. The lowest BCUT2D eigenvalue weighted by atomic mass is 10.0. The Morgan fingerprint density at radius 3 is 2.44 bits per heavy atom. The molecule has 0 aliphatic carbocycles. The fourth-order valence-corrected chi connectivity index (χ4v) is 2.83. The Bertz CT molecular complexity index is 303. The predicted octanol–water partition coefficient (Wildman–Crippen LogP) is 5.39. The van der Waals surface area contributed by atoms with Gasteiger partial charge in [0.15, 0.2) is 0 Å². The van der Waals surface area contributed by atoms with Gasteiger partial charge in [-0.3, -0.25) is 4.79 Å². The van der Waals surface area contributed by atoms with Gasteiger partial charge in [0, 0.05) is 17.7 Å². The van der Waals surface area contributed by atoms with Crippen molar-refractivity contribution in [2.24, 2.45) is 0 Å². The number of thiophene rings is 1. The van der Waals surface area contributed by atoms with Crippen LogP contribution in [0, 0.1) is 0 Å². The van der Waals surface area contributed by atoms with Crippen molar-refractivity contribution >= 4 is 17.1 Å². The lowest BCUT2D eigenvalue weighted by Gasteiger charge is -2.01. The van der Waals surface area contributed by atoms with Gasteiger partial charge in [0.25, 0.3) is 0 Å². The summed E-state index contributed by atoms with van der Waals surface area (Å²) in [6.45, 7) is 2.24. The van der Waals surface area contributed by atoms with Gasteiger partial charge in [-0.15, -0.1) is 11.3 Å². The first kappa shape index (κ1) is 15.4. The molecule has 1 aromatic rings. The average Bonchev–Trinajstić information content (AvgIpc) is 2.88. The van der Waals surface area contributed by atoms with Gasteiger partial charge in [0.1, 0.15) is 5.78 Å². The zero-order valence-corrected chi connectivity index (χ0v) is 12.4. The summed E-state index contributed by atoms with van der Waals surface area (Å²) in [7, 11) is 0. The zero-order valence-electron chi connectivity index (χ0n) is 11.6. The molecule has 0 aromatic carbocycles. The molecule has 1 aromatic heterocycles. The molecule has 0 aliphatic heterocycles. The normalized spacial score (nSPS) is 10.7. The van der Waals surface area contributed by atoms with Gasteiger partial charge in [0.05, 0.1) is 0 Å². The molecule has 0 N–H and O–H groups in total. The van der Waals surface area contributed by atoms with Crippen molar-refractivity contribution in [2.45, 2.75) is 71.1 Å². The van der Waals surface area contributed by atoms with Gasteiger partial charge < -0.3 is 0 Å². The van der Waals surface area contributed by atoms with E-state index >= 15 is 0 Å². The molecule has 0 fully saturated rings. The van der Waals surface area contributed by atoms with E-state index in [1.54, 1.807) is 11.3 Å². The summed E-state index contributed by atoms with van der Waals surface area (Å²) >= 11 is 1.75. The maximum absolute atomic E-state index is 11.7. The van der Waals surface area contributed by atoms with Crippen LogP contribution in [0.5, 0.6) is 0 Å². The summed E-state index contributed by atoms with van der Waals surface area (Å²) in [5.74, 6) is 0.442. The minimum Gasteiger partial charge on any atom is -0.300 e. The van der Waals surface area contributed by atoms with Gasteiger partial charge in [0.2, 0.25) is 0 Å². The molecular formula is C16H26OS. The smallest absolute Gasteiger partial charge is 0.133 e. The van der Waals surface area contributed by atoms with Crippen molar-refractivity contribution < 1.29 is 4.79 Å². The van der Waals surface area contributed by atoms with E-state index in [2.05, 4.69) is 24.4 Å². The van der Waals surface area contributed by atoms with Crippen LogP contribution in [-0.2, 0) is 11.2 Å². The molecule has 1 nitrogen and oxygen atoms in total. The first-order valence-corrected chi connectivity index (χ1v) is 8.25. The number of Topliss-reactive ketones (excluding diaryl/α,β-unsaturated/α-hetero) is 1. The summed E-state index contributed by atoms with van der Waals surface area (Å²) in [6.07, 6.45) is 11.5. The maximum atomic E-state index is 11.7. The molecule has 0 bridgehead atoms. The molecule has 0 saturated carbocycles. The summed E-state index contributed by atoms with van der Waals surface area (Å²) < 4.78 is 0. The minimum atomic E-state index is 0.442. The third-order valence-electron chi connectivity index (χ3n) is 3.29. The highest BCUT2D eigenvalue weighted by Gasteiger charge is 2.03. The lowest BCUT2D eigenvalue weighted by Crippen LogP contribution is -1.99. The molecule has 0 unspecified atom stereocenters. The highest BCUT2D eigenvalue weighted by Crippen LogP contribution is 2.13. The minimum absolute atomic E-state index is 0.442. The number of hydrogen-bond acceptors (Lipinski definition) is 2. The quantitative estimate of drug-likeness (QED) is 0.491. The standard InChI is InChI=1S/C16H26OS/c1-2-3-4-5-6-7-8-10-15(17)12-13-16-11-9-14-18-16/h9,11,14H,2-8,10,12-13H2,1H3. The van der Waals surface area contributed by atoms with Crippen LogP contribution in [-0.4, -0.2) is 5.78 Å². The molecule has 102 valence electrons. The van der Waals surface area contributed by atoms with Crippen LogP contribution in [0.1, 0.15) is 69.6 Å². The van der Waals surface area contributed by atoms with Crippen molar-refractivity contribution in [2.75, 3.05) is 0 Å². The van der Waals surface area contributed by atoms with Crippen LogP contribution in [0.3, 0.4) is 0 Å². The number of carbonyl (C=O) groups excluding carboxylic acids is 1. The molecule has 18 heavy (non-hydrogen) atoms. The number of aryl methyl sites for hydroxylation is 1. The fourth-order valence-electron chi connectivity index (χ4n) is 2.12. The second-order valence-corrected chi connectivity index (χ2v) is 6.02. The Balaban J connectivity index is 1.90. The third-order valence-corrected chi connectivity index (χ3v) is 4.23. The molecule has 0 amide bonds. The van der Waals surface area contributed by atoms with Crippen LogP contribution in [0.25, 0.3) is 0 Å². The van der Waals surface area contributed by atoms with E-state index in [1.165, 1.54) is 43.4 Å². The third kappa shape index (κ3) is 7.65. The van der Waals surface area contributed by atoms with Gasteiger partial charge in [-0.2, -0.15) is 0 Å². The zero-order chi connectivity index (χ0) is 13.1. The monoisotopic (exact) mass is 266 g/mol. The molecule has 2 heteroatoms. The van der Waals surface area contributed by atoms with Gasteiger partial charge >= 0.3 is 0 Å². The van der Waals surface area contributed by atoms with Crippen molar-refractivity contribution in [1.82, 2.24) is 0 Å². The van der Waals surface area contributed by atoms with Crippen molar-refractivity contribution in [1.29, 1.82) is 0 Å². The van der Waals surface area contributed by atoms with E-state index in [1.807, 2.05) is 0 Å². The molecule has 0 radical (unpaired) electrons. The fraction of sp³-hybridized carbons (Fsp3) is 0.688. The SMILES string of the molecule is CCCCCCCCCC(=O)CCc1cccs1. The Morgan fingerprint density at radius 2 is 1.78 bits per heavy atom. The van der Waals surface area contributed by atoms with Gasteiger partial charge in [-0.1, -0.05) is 51.5 Å². The summed E-state index contributed by atoms with van der Waals surface area (Å²) in [5.41, 5.74) is 0. The Hall–Kier alpha value is -0.630. The van der Waals surface area contributed by atoms with Crippen molar-refractivity contribution in [3.63, 3.8) is 0 Å². The number of carbonyl (C=O) groups is 1. The number of ketones is 1. The topological polar surface area (TPSA) is 17.1 Å². The first-order chi connectivity index (χ1) is 8.83. The Kier molecular flexibility index (Phi) is 8.83. The van der Waals surface area contributed by atoms with E-state index in [9.17, 15) is 4.79 Å². The van der Waals surface area contributed by atoms with Crippen LogP contribution in [0.15, 0.2) is 17.5 Å². The highest BCUT2D eigenvalue weighted by molar-refractivity contribution is 7.09. The predicted molar refractivity (Wildman–Crippen MR) is 80.3 cm³/mol. The summed E-state index contributed by atoms with van der Waals surface area (Å²) in [5, 5.41) is 2.08. The van der Waals surface area contributed by atoms with Crippen LogP contribution >= 0.6 is 11.3 Å². The molecule has 0 atom stereocenters. The Morgan fingerprint density at radius 1 is 1.06 bits per heavy atom. The van der Waals surface area contributed by atoms with Crippen molar-refractivity contribution in [3.05, 3.63) is 22.4 Å². The second kappa shape index (κ2) is 10.3. The first-order valence-electron chi connectivity index (χ1n) is 7.37. The highest BCUT2D eigenvalue weighted by atomic mass is 32.1. The number of unbranched alkanes of at least 4 members (excludes halogenated alkanes) is 6. The van der Waals surface area contributed by atoms with E-state index in [0.29, 0.717) is 5.78 Å². The van der Waals surface area contributed by atoms with Crippen LogP contribution in [0.2, 0.25) is 0 Å². The van der Waals surface area contributed by atoms with E-state index in [-0.39, 0.29) is 0 Å². The molecule has 0 saturated heterocycles. The van der Waals surface area contributed by atoms with E-state index in [4.69, 9.17) is 0 Å². The van der Waals surface area contributed by atoms with Gasteiger partial charge in [-0.05, 0) is 24.3 Å². The summed E-state index contributed by atoms with van der Waals surface area (Å²) in [4.78, 5) is 13.0. The largest absolute Gasteiger partial charge is 0.300 e. The Labute approximate surface area is 116 Å². The van der Waals surface area contributed by atoms with Crippen LogP contribution < -0.4 is 0 Å². The van der Waals surface area contributed by atoms with E-state index in [0.717, 1.165) is 25.7 Å². The number of rotatable bonds is 11. The molecule has 0 aliphatic rings. The average molecular weight is 266 g/mol. The molecule has 1 heterocycles. The van der Waals surface area contributed by atoms with Crippen molar-refractivity contribution in [3.8, 4) is 0 Å². The maximum Gasteiger partial charge on any atom is 0.133 e. The molecule has 1 rings (SSSR count).